The van der Waals surface area contributed by atoms with Crippen LogP contribution in [0.25, 0.3) is 10.2 Å². The van der Waals surface area contributed by atoms with Crippen LogP contribution in [0.3, 0.4) is 0 Å². The summed E-state index contributed by atoms with van der Waals surface area (Å²) in [5.74, 6) is 0. The van der Waals surface area contributed by atoms with Gasteiger partial charge in [0.05, 0.1) is 10.2 Å². The predicted molar refractivity (Wildman–Crippen MR) is 49.1 cm³/mol. The summed E-state index contributed by atoms with van der Waals surface area (Å²) in [7, 11) is 0. The largest absolute Gasteiger partial charge is 0.337 e. The lowest BCUT2D eigenvalue weighted by atomic mass is 10.3. The van der Waals surface area contributed by atoms with E-state index in [4.69, 9.17) is 12.2 Å². The second-order valence-electron chi connectivity index (χ2n) is 2.01. The Morgan fingerprint density at radius 3 is 3.00 bits per heavy atom. The van der Waals surface area contributed by atoms with Gasteiger partial charge in [0.1, 0.15) is 0 Å². The Labute approximate surface area is 68.8 Å². The van der Waals surface area contributed by atoms with Gasteiger partial charge in [0.25, 0.3) is 0 Å². The van der Waals surface area contributed by atoms with Gasteiger partial charge in [-0.2, -0.15) is 0 Å². The van der Waals surface area contributed by atoms with Crippen molar-refractivity contribution in [3.63, 3.8) is 0 Å². The molecule has 0 spiro atoms. The molecule has 0 aliphatic rings. The molecule has 0 amide bonds. The van der Waals surface area contributed by atoms with Gasteiger partial charge in [0.15, 0.2) is 3.95 Å². The average molecular weight is 169 g/mol. The molecule has 2 aromatic rings. The molecule has 0 aliphatic heterocycles. The van der Waals surface area contributed by atoms with E-state index in [1.165, 1.54) is 4.70 Å². The lowest BCUT2D eigenvalue weighted by molar-refractivity contribution is 1.47. The van der Waals surface area contributed by atoms with Crippen LogP contribution in [0.1, 0.15) is 1.43 Å². The van der Waals surface area contributed by atoms with Crippen molar-refractivity contribution in [1.29, 1.82) is 0 Å². The Morgan fingerprint density at radius 2 is 2.20 bits per heavy atom. The highest BCUT2D eigenvalue weighted by Crippen LogP contribution is 2.17. The zero-order valence-electron chi connectivity index (χ0n) is 5.13. The highest BCUT2D eigenvalue weighted by molar-refractivity contribution is 7.73. The van der Waals surface area contributed by atoms with Crippen LogP contribution in [0, 0.1) is 3.95 Å². The Morgan fingerprint density at radius 1 is 1.40 bits per heavy atom. The zero-order chi connectivity index (χ0) is 6.97. The summed E-state index contributed by atoms with van der Waals surface area (Å²) < 4.78 is 2.08. The number of benzene rings is 1. The Bertz CT molecular complexity index is 368. The maximum absolute atomic E-state index is 4.98. The van der Waals surface area contributed by atoms with Crippen molar-refractivity contribution in [2.45, 2.75) is 0 Å². The third-order valence-corrected chi connectivity index (χ3v) is 2.54. The molecule has 0 saturated heterocycles. The fourth-order valence-electron chi connectivity index (χ4n) is 0.894. The molecule has 52 valence electrons. The lowest BCUT2D eigenvalue weighted by Gasteiger charge is -1.81. The molecule has 1 nitrogen and oxygen atoms in total. The molecule has 0 radical (unpaired) electrons. The average Bonchev–Trinajstić information content (AvgIpc) is 2.27. The van der Waals surface area contributed by atoms with Crippen LogP contribution in [0.4, 0.5) is 0 Å². The number of rotatable bonds is 0. The molecule has 0 unspecified atom stereocenters. The van der Waals surface area contributed by atoms with Crippen LogP contribution in [-0.4, -0.2) is 4.98 Å². The van der Waals surface area contributed by atoms with E-state index in [9.17, 15) is 0 Å². The number of hydrogen-bond donors (Lipinski definition) is 1. The van der Waals surface area contributed by atoms with Crippen molar-refractivity contribution < 1.29 is 1.43 Å². The topological polar surface area (TPSA) is 15.8 Å². The Kier molecular flexibility index (Phi) is 1.32. The fourth-order valence-corrected chi connectivity index (χ4v) is 2.01. The summed E-state index contributed by atoms with van der Waals surface area (Å²) in [6.45, 7) is 0. The van der Waals surface area contributed by atoms with Gasteiger partial charge in [-0.05, 0) is 24.4 Å². The summed E-state index contributed by atoms with van der Waals surface area (Å²) in [6, 6.07) is 8.11. The molecule has 2 rings (SSSR count). The first-order chi connectivity index (χ1) is 4.86. The Hall–Kier alpha value is -0.670. The van der Waals surface area contributed by atoms with Gasteiger partial charge < -0.3 is 4.98 Å². The predicted octanol–water partition coefficient (Wildman–Crippen LogP) is 3.20. The standard InChI is InChI=1S/C7H5NS2.H2/c9-7-8-5-3-1-2-4-6(5)10-7;/h1-4H,(H,8,9);1H. The number of fused-ring (bicyclic) bond motifs is 1. The van der Waals surface area contributed by atoms with Gasteiger partial charge in [0.2, 0.25) is 0 Å². The maximum Gasteiger partial charge on any atom is 0.159 e. The number of para-hydroxylation sites is 1. The summed E-state index contributed by atoms with van der Waals surface area (Å²) in [6.07, 6.45) is 0. The summed E-state index contributed by atoms with van der Waals surface area (Å²) in [5, 5.41) is 0. The van der Waals surface area contributed by atoms with Crippen LogP contribution in [0.2, 0.25) is 0 Å². The third kappa shape index (κ3) is 0.874. The minimum absolute atomic E-state index is 0. The van der Waals surface area contributed by atoms with Crippen molar-refractivity contribution in [1.82, 2.24) is 4.98 Å². The number of H-pyrrole nitrogens is 1. The molecule has 0 atom stereocenters. The molecular formula is C7H7NS2. The minimum atomic E-state index is 0. The van der Waals surface area contributed by atoms with Gasteiger partial charge in [-0.1, -0.05) is 12.1 Å². The number of nitrogens with one attached hydrogen (secondary N) is 1. The molecule has 3 heteroatoms. The van der Waals surface area contributed by atoms with Gasteiger partial charge in [-0.15, -0.1) is 11.3 Å². The smallest absolute Gasteiger partial charge is 0.159 e. The van der Waals surface area contributed by atoms with Crippen LogP contribution in [0.5, 0.6) is 0 Å². The van der Waals surface area contributed by atoms with E-state index in [1.807, 2.05) is 18.2 Å². The third-order valence-electron chi connectivity index (χ3n) is 1.33. The quantitative estimate of drug-likeness (QED) is 0.599. The van der Waals surface area contributed by atoms with Crippen molar-refractivity contribution in [2.75, 3.05) is 0 Å². The van der Waals surface area contributed by atoms with Gasteiger partial charge in [-0.25, -0.2) is 0 Å². The lowest BCUT2D eigenvalue weighted by Crippen LogP contribution is -1.62. The fraction of sp³-hybridized carbons (Fsp3) is 0. The molecule has 1 aromatic heterocycles. The van der Waals surface area contributed by atoms with Gasteiger partial charge >= 0.3 is 0 Å². The maximum atomic E-state index is 4.98. The second-order valence-corrected chi connectivity index (χ2v) is 3.73. The van der Waals surface area contributed by atoms with Crippen molar-refractivity contribution in [2.24, 2.45) is 0 Å². The summed E-state index contributed by atoms with van der Waals surface area (Å²) >= 11 is 6.59. The van der Waals surface area contributed by atoms with Crippen LogP contribution in [-0.2, 0) is 0 Å². The molecule has 0 bridgehead atoms. The molecule has 1 N–H and O–H groups in total. The minimum Gasteiger partial charge on any atom is -0.337 e. The first kappa shape index (κ1) is 6.07. The van der Waals surface area contributed by atoms with Gasteiger partial charge in [0, 0.05) is 1.43 Å². The van der Waals surface area contributed by atoms with E-state index in [0.29, 0.717) is 0 Å². The number of thiazole rings is 1. The molecule has 10 heavy (non-hydrogen) atoms. The number of aromatic nitrogens is 1. The van der Waals surface area contributed by atoms with Crippen LogP contribution >= 0.6 is 23.6 Å². The molecule has 0 fully saturated rings. The highest BCUT2D eigenvalue weighted by Gasteiger charge is 1.91. The van der Waals surface area contributed by atoms with E-state index in [1.54, 1.807) is 11.3 Å². The number of hydrogen-bond acceptors (Lipinski definition) is 2. The Balaban J connectivity index is 0.000000605. The summed E-state index contributed by atoms with van der Waals surface area (Å²) in [5.41, 5.74) is 1.14. The molecule has 0 saturated carbocycles. The first-order valence-electron chi connectivity index (χ1n) is 2.94. The van der Waals surface area contributed by atoms with E-state index in [0.717, 1.165) is 9.47 Å². The van der Waals surface area contributed by atoms with Crippen molar-refractivity contribution in [3.05, 3.63) is 28.2 Å². The number of aromatic amines is 1. The van der Waals surface area contributed by atoms with E-state index in [2.05, 4.69) is 11.1 Å². The van der Waals surface area contributed by atoms with E-state index >= 15 is 0 Å². The highest BCUT2D eigenvalue weighted by atomic mass is 32.1. The normalized spacial score (nSPS) is 10.4. The zero-order valence-corrected chi connectivity index (χ0v) is 6.76. The van der Waals surface area contributed by atoms with E-state index < -0.39 is 0 Å². The monoisotopic (exact) mass is 169 g/mol. The van der Waals surface area contributed by atoms with E-state index in [-0.39, 0.29) is 1.43 Å². The molecular weight excluding hydrogens is 162 g/mol. The summed E-state index contributed by atoms with van der Waals surface area (Å²) in [4.78, 5) is 3.09. The molecule has 1 aromatic carbocycles. The van der Waals surface area contributed by atoms with Crippen molar-refractivity contribution in [3.8, 4) is 0 Å². The van der Waals surface area contributed by atoms with Crippen LogP contribution in [0.15, 0.2) is 24.3 Å². The molecule has 0 aliphatic carbocycles. The molecule has 1 heterocycles. The second kappa shape index (κ2) is 2.18. The first-order valence-corrected chi connectivity index (χ1v) is 4.16. The van der Waals surface area contributed by atoms with Crippen molar-refractivity contribution >= 4 is 33.8 Å². The van der Waals surface area contributed by atoms with Gasteiger partial charge in [-0.3, -0.25) is 0 Å². The SMILES string of the molecule is S=c1[nH]c2ccccc2s1.[HH]. The van der Waals surface area contributed by atoms with Crippen LogP contribution < -0.4 is 0 Å².